The number of fused-ring (bicyclic) bond motifs is 1. The first-order valence-electron chi connectivity index (χ1n) is 8.99. The molecular weight excluding hydrogens is 342 g/mol. The van der Waals surface area contributed by atoms with E-state index in [0.717, 1.165) is 16.8 Å². The van der Waals surface area contributed by atoms with Crippen LogP contribution in [-0.4, -0.2) is 25.9 Å². The molecule has 7 heteroatoms. The van der Waals surface area contributed by atoms with Crippen LogP contribution in [0.3, 0.4) is 0 Å². The molecule has 27 heavy (non-hydrogen) atoms. The second kappa shape index (κ2) is 6.50. The van der Waals surface area contributed by atoms with Crippen molar-refractivity contribution in [3.8, 4) is 5.82 Å². The summed E-state index contributed by atoms with van der Waals surface area (Å²) in [7, 11) is 0. The number of aromatic nitrogens is 4. The largest absolute Gasteiger partial charge is 0.310 e. The van der Waals surface area contributed by atoms with Crippen molar-refractivity contribution < 1.29 is 4.79 Å². The van der Waals surface area contributed by atoms with Crippen LogP contribution in [0.2, 0.25) is 0 Å². The maximum atomic E-state index is 12.4. The number of rotatable bonds is 3. The summed E-state index contributed by atoms with van der Waals surface area (Å²) < 4.78 is 1.58. The number of benzene rings is 1. The van der Waals surface area contributed by atoms with Crippen LogP contribution in [0.1, 0.15) is 54.5 Å². The van der Waals surface area contributed by atoms with Gasteiger partial charge in [0.15, 0.2) is 5.82 Å². The Morgan fingerprint density at radius 1 is 1.11 bits per heavy atom. The van der Waals surface area contributed by atoms with Crippen LogP contribution in [0.4, 0.5) is 5.82 Å². The van der Waals surface area contributed by atoms with Crippen molar-refractivity contribution in [2.45, 2.75) is 39.0 Å². The minimum atomic E-state index is -0.288. The Hall–Kier alpha value is -3.22. The first kappa shape index (κ1) is 17.2. The smallest absolute Gasteiger partial charge is 0.264 e. The van der Waals surface area contributed by atoms with Crippen LogP contribution in [0, 0.1) is 6.92 Å². The Morgan fingerprint density at radius 2 is 1.85 bits per heavy atom. The maximum Gasteiger partial charge on any atom is 0.264 e. The first-order valence-corrected chi connectivity index (χ1v) is 8.99. The van der Waals surface area contributed by atoms with Crippen LogP contribution in [-0.2, 0) is 4.79 Å². The van der Waals surface area contributed by atoms with E-state index in [0.29, 0.717) is 24.0 Å². The summed E-state index contributed by atoms with van der Waals surface area (Å²) in [5, 5.41) is 13.9. The van der Waals surface area contributed by atoms with E-state index in [2.05, 4.69) is 58.7 Å². The number of hydrogen-bond donors (Lipinski definition) is 2. The van der Waals surface area contributed by atoms with Crippen molar-refractivity contribution in [3.05, 3.63) is 69.1 Å². The van der Waals surface area contributed by atoms with E-state index in [9.17, 15) is 9.59 Å². The highest BCUT2D eigenvalue weighted by atomic mass is 16.1. The number of carbonyl (C=O) groups excluding carboxylic acids is 1. The molecule has 3 heterocycles. The summed E-state index contributed by atoms with van der Waals surface area (Å²) in [5.74, 6) is 1.40. The lowest BCUT2D eigenvalue weighted by Gasteiger charge is -2.24. The van der Waals surface area contributed by atoms with Gasteiger partial charge < -0.3 is 5.32 Å². The van der Waals surface area contributed by atoms with Crippen molar-refractivity contribution in [2.24, 2.45) is 0 Å². The molecule has 4 rings (SSSR count). The van der Waals surface area contributed by atoms with Gasteiger partial charge in [0.05, 0.1) is 5.69 Å². The fourth-order valence-corrected chi connectivity index (χ4v) is 3.57. The van der Waals surface area contributed by atoms with E-state index in [1.165, 1.54) is 11.6 Å². The average Bonchev–Trinajstić information content (AvgIpc) is 2.98. The van der Waals surface area contributed by atoms with E-state index in [4.69, 9.17) is 0 Å². The highest BCUT2D eigenvalue weighted by Crippen LogP contribution is 2.40. The number of amides is 1. The Balaban J connectivity index is 1.81. The molecule has 2 N–H and O–H groups in total. The number of H-pyrrole nitrogens is 1. The van der Waals surface area contributed by atoms with Gasteiger partial charge >= 0.3 is 0 Å². The number of hydrogen-bond acceptors (Lipinski definition) is 4. The van der Waals surface area contributed by atoms with Gasteiger partial charge in [-0.05, 0) is 30.0 Å². The van der Waals surface area contributed by atoms with E-state index in [-0.39, 0.29) is 17.4 Å². The fourth-order valence-electron chi connectivity index (χ4n) is 3.57. The lowest BCUT2D eigenvalue weighted by Crippen LogP contribution is -2.25. The van der Waals surface area contributed by atoms with Gasteiger partial charge in [-0.3, -0.25) is 9.59 Å². The molecule has 1 aromatic carbocycles. The van der Waals surface area contributed by atoms with Gasteiger partial charge in [-0.25, -0.2) is 5.10 Å². The number of aryl methyl sites for hydroxylation is 1. The Labute approximate surface area is 156 Å². The summed E-state index contributed by atoms with van der Waals surface area (Å²) in [6, 6.07) is 11.4. The van der Waals surface area contributed by atoms with E-state index >= 15 is 0 Å². The van der Waals surface area contributed by atoms with Gasteiger partial charge in [-0.1, -0.05) is 38.1 Å². The number of aromatic amines is 1. The molecule has 0 aliphatic carbocycles. The summed E-state index contributed by atoms with van der Waals surface area (Å²) >= 11 is 0. The number of nitrogens with zero attached hydrogens (tertiary/aromatic N) is 3. The van der Waals surface area contributed by atoms with Gasteiger partial charge in [0.25, 0.3) is 5.56 Å². The quantitative estimate of drug-likeness (QED) is 0.748. The molecule has 138 valence electrons. The minimum absolute atomic E-state index is 0.0635. The molecule has 1 aliphatic rings. The highest BCUT2D eigenvalue weighted by Gasteiger charge is 2.32. The molecule has 0 fully saturated rings. The van der Waals surface area contributed by atoms with Gasteiger partial charge in [-0.15, -0.1) is 0 Å². The molecule has 3 aromatic rings. The topological polar surface area (TPSA) is 92.7 Å². The van der Waals surface area contributed by atoms with Gasteiger partial charge in [0, 0.05) is 24.0 Å². The highest BCUT2D eigenvalue weighted by molar-refractivity contribution is 5.95. The van der Waals surface area contributed by atoms with Crippen molar-refractivity contribution in [3.63, 3.8) is 0 Å². The second-order valence-corrected chi connectivity index (χ2v) is 7.17. The predicted octanol–water partition coefficient (Wildman–Crippen LogP) is 2.86. The third-order valence-electron chi connectivity index (χ3n) is 4.99. The molecule has 0 spiro atoms. The summed E-state index contributed by atoms with van der Waals surface area (Å²) in [6.45, 7) is 6.24. The van der Waals surface area contributed by atoms with Crippen LogP contribution >= 0.6 is 0 Å². The molecule has 7 nitrogen and oxygen atoms in total. The molecule has 1 amide bonds. The van der Waals surface area contributed by atoms with Gasteiger partial charge in [0.2, 0.25) is 5.91 Å². The van der Waals surface area contributed by atoms with Crippen LogP contribution in [0.25, 0.3) is 5.82 Å². The SMILES string of the molecule is Cc1nn(-c2ccc(=O)[nH]n2)c2c1C(c1ccc(C(C)C)cc1)CC(=O)N2. The fraction of sp³-hybridized carbons (Fsp3) is 0.300. The van der Waals surface area contributed by atoms with E-state index in [1.807, 2.05) is 6.92 Å². The zero-order valence-electron chi connectivity index (χ0n) is 15.5. The Morgan fingerprint density at radius 3 is 2.48 bits per heavy atom. The van der Waals surface area contributed by atoms with Crippen LogP contribution in [0.15, 0.2) is 41.2 Å². The lowest BCUT2D eigenvalue weighted by molar-refractivity contribution is -0.116. The predicted molar refractivity (Wildman–Crippen MR) is 102 cm³/mol. The molecule has 0 saturated heterocycles. The molecule has 0 radical (unpaired) electrons. The third-order valence-corrected chi connectivity index (χ3v) is 4.99. The van der Waals surface area contributed by atoms with Crippen molar-refractivity contribution in [2.75, 3.05) is 5.32 Å². The molecule has 1 atom stereocenters. The van der Waals surface area contributed by atoms with Crippen LogP contribution in [0.5, 0.6) is 0 Å². The molecule has 0 bridgehead atoms. The maximum absolute atomic E-state index is 12.4. The zero-order chi connectivity index (χ0) is 19.1. The van der Waals surface area contributed by atoms with Crippen molar-refractivity contribution in [1.82, 2.24) is 20.0 Å². The van der Waals surface area contributed by atoms with Crippen molar-refractivity contribution >= 4 is 11.7 Å². The number of carbonyl (C=O) groups is 1. The van der Waals surface area contributed by atoms with E-state index < -0.39 is 0 Å². The Kier molecular flexibility index (Phi) is 4.14. The molecule has 0 saturated carbocycles. The van der Waals surface area contributed by atoms with Gasteiger partial charge in [0.1, 0.15) is 5.82 Å². The average molecular weight is 363 g/mol. The molecule has 1 unspecified atom stereocenters. The second-order valence-electron chi connectivity index (χ2n) is 7.17. The zero-order valence-corrected chi connectivity index (χ0v) is 15.5. The lowest BCUT2D eigenvalue weighted by atomic mass is 9.85. The summed E-state index contributed by atoms with van der Waals surface area (Å²) in [6.07, 6.45) is 0.375. The summed E-state index contributed by atoms with van der Waals surface area (Å²) in [4.78, 5) is 23.7. The van der Waals surface area contributed by atoms with Gasteiger partial charge in [-0.2, -0.15) is 14.9 Å². The van der Waals surface area contributed by atoms with E-state index in [1.54, 1.807) is 10.7 Å². The molecular formula is C20H21N5O2. The number of anilines is 1. The third kappa shape index (κ3) is 3.05. The Bertz CT molecular complexity index is 1040. The first-order chi connectivity index (χ1) is 12.9. The molecule has 1 aliphatic heterocycles. The molecule has 2 aromatic heterocycles. The monoisotopic (exact) mass is 363 g/mol. The normalized spacial score (nSPS) is 16.3. The minimum Gasteiger partial charge on any atom is -0.310 e. The number of nitrogens with one attached hydrogen (secondary N) is 2. The van der Waals surface area contributed by atoms with Crippen molar-refractivity contribution in [1.29, 1.82) is 0 Å². The van der Waals surface area contributed by atoms with Crippen LogP contribution < -0.4 is 10.9 Å². The summed E-state index contributed by atoms with van der Waals surface area (Å²) in [5.41, 5.74) is 3.89. The standard InChI is InChI=1S/C20H21N5O2/c1-11(2)13-4-6-14(7-5-13)15-10-18(27)21-20-19(15)12(3)24-25(20)16-8-9-17(26)23-22-16/h4-9,11,15H,10H2,1-3H3,(H,21,27)(H,23,26).